The van der Waals surface area contributed by atoms with Crippen LogP contribution in [0.4, 0.5) is 10.6 Å². The zero-order valence-electron chi connectivity index (χ0n) is 23.5. The van der Waals surface area contributed by atoms with Gasteiger partial charge in [-0.05, 0) is 75.4 Å². The fraction of sp³-hybridized carbons (Fsp3) is 0.571. The molecule has 3 aliphatic rings. The third kappa shape index (κ3) is 6.13. The molecule has 2 aliphatic heterocycles. The minimum Gasteiger partial charge on any atom is -0.489 e. The maximum absolute atomic E-state index is 12.7. The largest absolute Gasteiger partial charge is 0.489 e. The number of nitrogens with zero attached hydrogens (tertiary/aromatic N) is 5. The van der Waals surface area contributed by atoms with E-state index in [2.05, 4.69) is 22.1 Å². The lowest BCUT2D eigenvalue weighted by Gasteiger charge is -2.37. The maximum atomic E-state index is 12.7. The van der Waals surface area contributed by atoms with Crippen LogP contribution in [0.5, 0.6) is 5.75 Å². The zero-order chi connectivity index (χ0) is 28.6. The van der Waals surface area contributed by atoms with Crippen LogP contribution in [0.3, 0.4) is 0 Å². The predicted molar refractivity (Wildman–Crippen MR) is 151 cm³/mol. The van der Waals surface area contributed by atoms with Gasteiger partial charge in [-0.15, -0.1) is 0 Å². The van der Waals surface area contributed by atoms with Crippen molar-refractivity contribution < 1.29 is 14.3 Å². The molecule has 3 amide bonds. The Morgan fingerprint density at radius 3 is 2.27 bits per heavy atom. The van der Waals surface area contributed by atoms with Gasteiger partial charge in [0.1, 0.15) is 17.7 Å². The molecule has 1 aliphatic carbocycles. The first-order valence-corrected chi connectivity index (χ1v) is 14.0. The Bertz CT molecular complexity index is 1270. The second-order valence-electron chi connectivity index (χ2n) is 11.8. The van der Waals surface area contributed by atoms with Crippen LogP contribution >= 0.6 is 0 Å². The lowest BCUT2D eigenvalue weighted by Crippen LogP contribution is -2.58. The van der Waals surface area contributed by atoms with Crippen LogP contribution in [-0.4, -0.2) is 100 Å². The summed E-state index contributed by atoms with van der Waals surface area (Å²) in [5.74, 6) is 3.00. The molecule has 0 spiro atoms. The molecule has 1 aromatic carbocycles. The number of hydrogen-bond donors (Lipinski definition) is 3. The maximum Gasteiger partial charge on any atom is 0.354 e. The summed E-state index contributed by atoms with van der Waals surface area (Å²) in [6, 6.07) is 8.52. The summed E-state index contributed by atoms with van der Waals surface area (Å²) in [6.07, 6.45) is 1.62. The summed E-state index contributed by atoms with van der Waals surface area (Å²) in [6.45, 7) is 10.8. The highest BCUT2D eigenvalue weighted by atomic mass is 16.5. The number of fused-ring (bicyclic) bond motifs is 1. The van der Waals surface area contributed by atoms with Gasteiger partial charge in [0.15, 0.2) is 0 Å². The smallest absolute Gasteiger partial charge is 0.354 e. The molecule has 40 heavy (non-hydrogen) atoms. The number of rotatable bonds is 8. The average Bonchev–Trinajstić information content (AvgIpc) is 3.40. The highest BCUT2D eigenvalue weighted by Gasteiger charge is 2.54. The Morgan fingerprint density at radius 2 is 1.70 bits per heavy atom. The first kappa shape index (κ1) is 28.1. The minimum atomic E-state index is -0.951. The minimum absolute atomic E-state index is 0.0444. The zero-order valence-corrected chi connectivity index (χ0v) is 23.5. The van der Waals surface area contributed by atoms with Gasteiger partial charge >= 0.3 is 11.7 Å². The number of hydrogen-bond acceptors (Lipinski definition) is 8. The topological polar surface area (TPSA) is 152 Å². The summed E-state index contributed by atoms with van der Waals surface area (Å²) in [4.78, 5) is 47.5. The molecule has 12 heteroatoms. The van der Waals surface area contributed by atoms with Crippen LogP contribution in [-0.2, 0) is 4.79 Å². The number of amides is 3. The number of benzene rings is 1. The number of carbonyl (C=O) groups is 2. The third-order valence-corrected chi connectivity index (χ3v) is 8.13. The number of piperidine rings is 1. The molecule has 2 aromatic rings. The van der Waals surface area contributed by atoms with Crippen molar-refractivity contribution in [2.75, 3.05) is 57.7 Å². The standard InChI is InChI=1S/C28H40N8O4/c1-18(15-33-16-22-21(14-29)23(22)17-33)40-20-6-4-19(5-7-20)36-9-8-24(32-27(36)39)31-26(38)35-12-10-34(11-13-35)25(37)28(2,3)30/h4-9,18,21-23H,10-17,29-30H2,1-3H3,(H,31,32,38,39)/t18?,21?,22-,23+. The molecule has 3 heterocycles. The number of anilines is 1. The summed E-state index contributed by atoms with van der Waals surface area (Å²) in [7, 11) is 0. The van der Waals surface area contributed by atoms with E-state index >= 15 is 0 Å². The van der Waals surface area contributed by atoms with Crippen LogP contribution < -0.4 is 27.2 Å². The number of aromatic nitrogens is 2. The molecule has 0 bridgehead atoms. The summed E-state index contributed by atoms with van der Waals surface area (Å²) < 4.78 is 7.52. The van der Waals surface area contributed by atoms with Crippen molar-refractivity contribution in [3.05, 3.63) is 47.0 Å². The molecule has 5 N–H and O–H groups in total. The highest BCUT2D eigenvalue weighted by molar-refractivity contribution is 5.89. The van der Waals surface area contributed by atoms with Gasteiger partial charge in [-0.1, -0.05) is 0 Å². The SMILES string of the molecule is CC(CN1C[C@@H]2C(CN)[C@@H]2C1)Oc1ccc(-n2ccc(NC(=O)N3CCN(C(=O)C(C)(C)N)CC3)nc2=O)cc1. The molecule has 2 saturated heterocycles. The van der Waals surface area contributed by atoms with Crippen molar-refractivity contribution in [1.82, 2.24) is 24.3 Å². The Kier molecular flexibility index (Phi) is 7.85. The quantitative estimate of drug-likeness (QED) is 0.429. The molecule has 0 radical (unpaired) electrons. The Labute approximate surface area is 234 Å². The monoisotopic (exact) mass is 552 g/mol. The van der Waals surface area contributed by atoms with Crippen molar-refractivity contribution in [3.63, 3.8) is 0 Å². The number of carbonyl (C=O) groups excluding carboxylic acids is 2. The van der Waals surface area contributed by atoms with Gasteiger partial charge in [-0.2, -0.15) is 4.98 Å². The highest BCUT2D eigenvalue weighted by Crippen LogP contribution is 2.50. The molecular formula is C28H40N8O4. The fourth-order valence-electron chi connectivity index (χ4n) is 5.93. The summed E-state index contributed by atoms with van der Waals surface area (Å²) >= 11 is 0. The lowest BCUT2D eigenvalue weighted by atomic mass is 10.1. The van der Waals surface area contributed by atoms with E-state index in [0.717, 1.165) is 43.8 Å². The first-order chi connectivity index (χ1) is 19.0. The molecule has 3 fully saturated rings. The van der Waals surface area contributed by atoms with Crippen molar-refractivity contribution in [2.24, 2.45) is 29.2 Å². The normalized spacial score (nSPS) is 23.5. The van der Waals surface area contributed by atoms with Gasteiger partial charge < -0.3 is 26.0 Å². The predicted octanol–water partition coefficient (Wildman–Crippen LogP) is 0.550. The van der Waals surface area contributed by atoms with E-state index in [9.17, 15) is 14.4 Å². The first-order valence-electron chi connectivity index (χ1n) is 14.0. The van der Waals surface area contributed by atoms with Crippen molar-refractivity contribution >= 4 is 17.8 Å². The van der Waals surface area contributed by atoms with E-state index < -0.39 is 11.2 Å². The summed E-state index contributed by atoms with van der Waals surface area (Å²) in [5.41, 5.74) is 10.9. The van der Waals surface area contributed by atoms with Gasteiger partial charge in [0.25, 0.3) is 0 Å². The number of urea groups is 1. The molecule has 4 atom stereocenters. The molecule has 5 rings (SSSR count). The Morgan fingerprint density at radius 1 is 1.07 bits per heavy atom. The van der Waals surface area contributed by atoms with Gasteiger partial charge in [-0.3, -0.25) is 19.6 Å². The van der Waals surface area contributed by atoms with E-state index in [1.165, 1.54) is 4.57 Å². The molecule has 1 saturated carbocycles. The van der Waals surface area contributed by atoms with E-state index in [1.54, 1.807) is 35.9 Å². The fourth-order valence-corrected chi connectivity index (χ4v) is 5.93. The Balaban J connectivity index is 1.11. The number of piperazine rings is 1. The Hall–Kier alpha value is -3.48. The summed E-state index contributed by atoms with van der Waals surface area (Å²) in [5, 5.41) is 2.68. The number of nitrogens with one attached hydrogen (secondary N) is 1. The molecule has 216 valence electrons. The van der Waals surface area contributed by atoms with Crippen LogP contribution in [0.15, 0.2) is 41.3 Å². The molecule has 12 nitrogen and oxygen atoms in total. The number of nitrogens with two attached hydrogens (primary N) is 2. The second kappa shape index (κ2) is 11.2. The molecular weight excluding hydrogens is 512 g/mol. The van der Waals surface area contributed by atoms with E-state index in [1.807, 2.05) is 24.3 Å². The average molecular weight is 553 g/mol. The van der Waals surface area contributed by atoms with Crippen molar-refractivity contribution in [2.45, 2.75) is 32.4 Å². The van der Waals surface area contributed by atoms with Crippen molar-refractivity contribution in [3.8, 4) is 11.4 Å². The van der Waals surface area contributed by atoms with Gasteiger partial charge in [0, 0.05) is 52.0 Å². The molecule has 1 aromatic heterocycles. The number of ether oxygens (including phenoxy) is 1. The van der Waals surface area contributed by atoms with Crippen LogP contribution in [0.25, 0.3) is 5.69 Å². The van der Waals surface area contributed by atoms with Crippen LogP contribution in [0.1, 0.15) is 20.8 Å². The van der Waals surface area contributed by atoms with E-state index in [0.29, 0.717) is 37.8 Å². The van der Waals surface area contributed by atoms with E-state index in [4.69, 9.17) is 16.2 Å². The molecule has 2 unspecified atom stereocenters. The van der Waals surface area contributed by atoms with Crippen LogP contribution in [0, 0.1) is 17.8 Å². The van der Waals surface area contributed by atoms with Crippen LogP contribution in [0.2, 0.25) is 0 Å². The number of likely N-dealkylation sites (tertiary alicyclic amines) is 1. The van der Waals surface area contributed by atoms with Crippen molar-refractivity contribution in [1.29, 1.82) is 0 Å². The van der Waals surface area contributed by atoms with Gasteiger partial charge in [-0.25, -0.2) is 9.59 Å². The third-order valence-electron chi connectivity index (χ3n) is 8.13. The van der Waals surface area contributed by atoms with Gasteiger partial charge in [0.05, 0.1) is 11.2 Å². The van der Waals surface area contributed by atoms with Gasteiger partial charge in [0.2, 0.25) is 5.91 Å². The van der Waals surface area contributed by atoms with E-state index in [-0.39, 0.29) is 23.9 Å². The second-order valence-corrected chi connectivity index (χ2v) is 11.8. The lowest BCUT2D eigenvalue weighted by molar-refractivity contribution is -0.137.